The number of aliphatic hydroxyl groups is 2. The van der Waals surface area contributed by atoms with E-state index in [4.69, 9.17) is 40.8 Å². The Morgan fingerprint density at radius 2 is 0.581 bits per heavy atom. The molecule has 14 heteroatoms. The van der Waals surface area contributed by atoms with Gasteiger partial charge in [-0.05, 0) is 149 Å². The zero-order valence-electron chi connectivity index (χ0n) is 57.2. The Bertz CT molecular complexity index is 1560. The van der Waals surface area contributed by atoms with Crippen LogP contribution in [0.4, 0.5) is 9.59 Å². The second-order valence-electron chi connectivity index (χ2n) is 25.2. The van der Waals surface area contributed by atoms with Crippen LogP contribution in [0.2, 0.25) is 0 Å². The van der Waals surface area contributed by atoms with Crippen molar-refractivity contribution < 1.29 is 53.1 Å². The molecule has 0 fully saturated rings. The number of hydrogen-bond donors (Lipinski definition) is 2. The smallest absolute Gasteiger partial charge is 0.410 e. The summed E-state index contributed by atoms with van der Waals surface area (Å²) in [5.74, 6) is -0.485. The molecule has 0 bridgehead atoms. The molecular weight excluding hydrogens is 1100 g/mol. The topological polar surface area (TPSA) is 169 Å². The molecule has 0 saturated carbocycles. The van der Waals surface area contributed by atoms with Gasteiger partial charge in [0.05, 0.1) is 26.3 Å². The molecule has 13 nitrogen and oxygen atoms in total. The average molecular weight is 1240 g/mol. The Labute approximate surface area is 533 Å². The molecule has 86 heavy (non-hydrogen) atoms. The third-order valence-electron chi connectivity index (χ3n) is 14.2. The monoisotopic (exact) mass is 1240 g/mol. The van der Waals surface area contributed by atoms with Gasteiger partial charge in [0.25, 0.3) is 0 Å². The van der Waals surface area contributed by atoms with Crippen LogP contribution in [0.5, 0.6) is 0 Å². The lowest BCUT2D eigenvalue weighted by Gasteiger charge is -2.27. The molecule has 2 amide bonds. The molecule has 2 N–H and O–H groups in total. The number of unbranched alkanes of at least 4 members (excludes halogenated alkanes) is 33. The van der Waals surface area contributed by atoms with Crippen LogP contribution in [0.3, 0.4) is 0 Å². The number of nitrogens with zero attached hydrogens (tertiary/aromatic N) is 2. The zero-order valence-corrected chi connectivity index (χ0v) is 57.9. The van der Waals surface area contributed by atoms with Gasteiger partial charge >= 0.3 is 24.1 Å². The molecule has 0 aromatic heterocycles. The summed E-state index contributed by atoms with van der Waals surface area (Å²) < 4.78 is 21.5. The minimum atomic E-state index is -0.656. The van der Waals surface area contributed by atoms with Crippen LogP contribution in [0, 0.1) is 0 Å². The number of allylic oxidation sites excluding steroid dienone is 6. The van der Waals surface area contributed by atoms with Gasteiger partial charge in [-0.3, -0.25) is 14.4 Å². The maximum absolute atomic E-state index is 12.8. The lowest BCUT2D eigenvalue weighted by molar-refractivity contribution is -0.144. The van der Waals surface area contributed by atoms with Gasteiger partial charge < -0.3 is 39.0 Å². The number of carbonyl (C=O) groups is 5. The second kappa shape index (κ2) is 66.0. The fourth-order valence-corrected chi connectivity index (χ4v) is 9.32. The lowest BCUT2D eigenvalue weighted by Crippen LogP contribution is -2.41. The first-order chi connectivity index (χ1) is 41.4. The SMILES string of the molecule is CC(C)(C)OC(=O)N(CCO)CCO.CCCCCCCC/C=C\CCCCCCCC(=O)Cl.CCCCCCCC/C=C\CCCCCCCC(=O)OCCN(CCOC(=O)CCCCCCC/C=C\CCCCCCCC)C(=O)OC(C)(C)C. The molecular formula is C72H135ClN2O11. The van der Waals surface area contributed by atoms with Gasteiger partial charge in [-0.25, -0.2) is 9.59 Å². The predicted octanol–water partition coefficient (Wildman–Crippen LogP) is 20.4. The molecule has 0 saturated heterocycles. The molecule has 0 atom stereocenters. The number of hydrogen-bond acceptors (Lipinski definition) is 11. The molecule has 0 aromatic carbocycles. The van der Waals surface area contributed by atoms with E-state index in [-0.39, 0.29) is 69.8 Å². The van der Waals surface area contributed by atoms with Gasteiger partial charge in [0, 0.05) is 32.4 Å². The molecule has 0 rings (SSSR count). The molecule has 0 heterocycles. The van der Waals surface area contributed by atoms with E-state index in [2.05, 4.69) is 57.2 Å². The van der Waals surface area contributed by atoms with Gasteiger partial charge in [-0.1, -0.05) is 211 Å². The molecule has 0 aliphatic heterocycles. The largest absolute Gasteiger partial charge is 0.464 e. The normalized spacial score (nSPS) is 11.6. The van der Waals surface area contributed by atoms with Crippen LogP contribution in [0.1, 0.15) is 332 Å². The van der Waals surface area contributed by atoms with Crippen LogP contribution in [0.25, 0.3) is 0 Å². The molecule has 0 aromatic rings. The van der Waals surface area contributed by atoms with Crippen molar-refractivity contribution in [3.05, 3.63) is 36.5 Å². The predicted molar refractivity (Wildman–Crippen MR) is 361 cm³/mol. The Balaban J connectivity index is -0.00000163. The van der Waals surface area contributed by atoms with E-state index in [0.717, 1.165) is 64.2 Å². The van der Waals surface area contributed by atoms with E-state index in [1.54, 1.807) is 20.8 Å². The number of amides is 2. The summed E-state index contributed by atoms with van der Waals surface area (Å²) in [4.78, 5) is 62.1. The van der Waals surface area contributed by atoms with Crippen LogP contribution in [-0.2, 0) is 33.3 Å². The maximum atomic E-state index is 12.8. The van der Waals surface area contributed by atoms with Crippen molar-refractivity contribution in [3.8, 4) is 0 Å². The van der Waals surface area contributed by atoms with Crippen LogP contribution < -0.4 is 0 Å². The first-order valence-corrected chi connectivity index (χ1v) is 35.4. The molecule has 0 aliphatic rings. The molecule has 0 radical (unpaired) electrons. The molecule has 506 valence electrons. The van der Waals surface area contributed by atoms with Gasteiger partial charge in [0.1, 0.15) is 24.4 Å². The third-order valence-corrected chi connectivity index (χ3v) is 14.4. The van der Waals surface area contributed by atoms with E-state index in [1.807, 2.05) is 20.8 Å². The first kappa shape index (κ1) is 86.8. The molecule has 0 aliphatic carbocycles. The molecule has 0 spiro atoms. The van der Waals surface area contributed by atoms with E-state index in [0.29, 0.717) is 19.3 Å². The highest BCUT2D eigenvalue weighted by atomic mass is 35.5. The van der Waals surface area contributed by atoms with Gasteiger partial charge in [0.15, 0.2) is 0 Å². The van der Waals surface area contributed by atoms with Gasteiger partial charge in [0.2, 0.25) is 5.24 Å². The standard InChI is InChI=1S/C45H83NO6.C18H33ClO.C9H19NO4/c1-6-8-10-12-14-16-18-20-22-24-26-28-30-32-34-36-42(47)50-40-38-46(44(49)52-45(3,4)5)39-41-51-43(48)37-35-33-31-29-27-25-23-21-19-17-15-13-11-9-7-2;1-2-3-4-5-6-7-8-9-10-11-12-13-14-15-16-17-18(19)20;1-9(2,3)14-8(13)10(4-6-11)5-7-12/h20-23H,6-19,24-41H2,1-5H3;9-10H,2-8,11-17H2,1H3;11-12H,4-7H2,1-3H3/b22-20-,23-21-;10-9-;. The maximum Gasteiger partial charge on any atom is 0.410 e. The van der Waals surface area contributed by atoms with Crippen molar-refractivity contribution in [3.63, 3.8) is 0 Å². The Morgan fingerprint density at radius 1 is 0.349 bits per heavy atom. The third kappa shape index (κ3) is 73.1. The van der Waals surface area contributed by atoms with Crippen molar-refractivity contribution in [1.29, 1.82) is 0 Å². The fraction of sp³-hybridized carbons (Fsp3) is 0.847. The van der Waals surface area contributed by atoms with E-state index >= 15 is 0 Å². The number of ether oxygens (including phenoxy) is 4. The average Bonchev–Trinajstić information content (AvgIpc) is 3.65. The number of aliphatic hydroxyl groups excluding tert-OH is 2. The minimum absolute atomic E-state index is 0.0893. The summed E-state index contributed by atoms with van der Waals surface area (Å²) in [7, 11) is 0. The second-order valence-corrected chi connectivity index (χ2v) is 25.6. The van der Waals surface area contributed by atoms with Crippen molar-refractivity contribution >= 4 is 41.0 Å². The van der Waals surface area contributed by atoms with Crippen molar-refractivity contribution in [1.82, 2.24) is 9.80 Å². The summed E-state index contributed by atoms with van der Waals surface area (Å²) in [6.07, 6.45) is 62.5. The highest BCUT2D eigenvalue weighted by Crippen LogP contribution is 2.16. The number of halogens is 1. The summed E-state index contributed by atoms with van der Waals surface area (Å²) >= 11 is 5.29. The highest BCUT2D eigenvalue weighted by Gasteiger charge is 2.23. The van der Waals surface area contributed by atoms with Gasteiger partial charge in [-0.2, -0.15) is 0 Å². The van der Waals surface area contributed by atoms with Gasteiger partial charge in [-0.15, -0.1) is 0 Å². The Kier molecular flexibility index (Phi) is 66.6. The van der Waals surface area contributed by atoms with Crippen molar-refractivity contribution in [2.24, 2.45) is 0 Å². The van der Waals surface area contributed by atoms with Crippen LogP contribution >= 0.6 is 11.6 Å². The van der Waals surface area contributed by atoms with Crippen molar-refractivity contribution in [2.45, 2.75) is 343 Å². The summed E-state index contributed by atoms with van der Waals surface area (Å²) in [5, 5.41) is 17.2. The van der Waals surface area contributed by atoms with E-state index in [9.17, 15) is 24.0 Å². The van der Waals surface area contributed by atoms with Crippen molar-refractivity contribution in [2.75, 3.05) is 52.6 Å². The zero-order chi connectivity index (χ0) is 64.5. The quantitative estimate of drug-likeness (QED) is 0.0195. The number of rotatable bonds is 55. The summed E-state index contributed by atoms with van der Waals surface area (Å²) in [6.45, 7) is 18.1. The van der Waals surface area contributed by atoms with E-state index in [1.165, 1.54) is 196 Å². The highest BCUT2D eigenvalue weighted by molar-refractivity contribution is 6.63. The first-order valence-electron chi connectivity index (χ1n) is 35.0. The Hall–Kier alpha value is -3.42. The van der Waals surface area contributed by atoms with Crippen LogP contribution in [0.15, 0.2) is 36.5 Å². The summed E-state index contributed by atoms with van der Waals surface area (Å²) in [5.41, 5.74) is -1.21. The molecule has 0 unspecified atom stereocenters. The number of esters is 2. The fourth-order valence-electron chi connectivity index (χ4n) is 9.18. The summed E-state index contributed by atoms with van der Waals surface area (Å²) in [6, 6.07) is 0. The van der Waals surface area contributed by atoms with Crippen LogP contribution in [-0.4, -0.2) is 113 Å². The minimum Gasteiger partial charge on any atom is -0.464 e. The lowest BCUT2D eigenvalue weighted by atomic mass is 10.1. The number of carbonyl (C=O) groups excluding carboxylic acids is 5. The van der Waals surface area contributed by atoms with E-state index < -0.39 is 23.4 Å². The Morgan fingerprint density at radius 3 is 0.826 bits per heavy atom.